The van der Waals surface area contributed by atoms with Crippen molar-refractivity contribution < 1.29 is 13.9 Å². The molecule has 0 radical (unpaired) electrons. The maximum atomic E-state index is 12.1. The minimum Gasteiger partial charge on any atom is -0.394 e. The Balaban J connectivity index is 2.09. The van der Waals surface area contributed by atoms with Crippen LogP contribution < -0.4 is 0 Å². The van der Waals surface area contributed by atoms with Gasteiger partial charge in [0.2, 0.25) is 0 Å². The van der Waals surface area contributed by atoms with Gasteiger partial charge in [-0.1, -0.05) is 0 Å². The van der Waals surface area contributed by atoms with Crippen molar-refractivity contribution in [3.8, 4) is 0 Å². The van der Waals surface area contributed by atoms with E-state index >= 15 is 0 Å². The molecule has 0 aliphatic carbocycles. The number of aliphatic hydroxyl groups excluding tert-OH is 1. The lowest BCUT2D eigenvalue weighted by molar-refractivity contribution is 0.0998. The van der Waals surface area contributed by atoms with Gasteiger partial charge in [-0.3, -0.25) is 4.90 Å². The average Bonchev–Trinajstić information content (AvgIpc) is 2.59. The maximum Gasteiger partial charge on any atom is 0.266 e. The summed E-state index contributed by atoms with van der Waals surface area (Å²) in [6.45, 7) is 1.72. The van der Waals surface area contributed by atoms with Crippen LogP contribution in [0.1, 0.15) is 19.3 Å². The number of nitrogens with zero attached hydrogens (tertiary/aromatic N) is 1. The predicted molar refractivity (Wildman–Crippen MR) is 49.0 cm³/mol. The van der Waals surface area contributed by atoms with Crippen LogP contribution in [0.15, 0.2) is 12.2 Å². The number of halogens is 2. The van der Waals surface area contributed by atoms with E-state index in [4.69, 9.17) is 0 Å². The Hall–Kier alpha value is -0.480. The van der Waals surface area contributed by atoms with E-state index in [1.54, 1.807) is 0 Å². The summed E-state index contributed by atoms with van der Waals surface area (Å²) in [7, 11) is 0. The minimum absolute atomic E-state index is 0.0764. The van der Waals surface area contributed by atoms with E-state index < -0.39 is 6.08 Å². The van der Waals surface area contributed by atoms with Crippen molar-refractivity contribution in [1.29, 1.82) is 0 Å². The number of hydrogen-bond acceptors (Lipinski definition) is 2. The fourth-order valence-corrected chi connectivity index (χ4v) is 2.88. The molecule has 2 atom stereocenters. The first-order chi connectivity index (χ1) is 6.66. The lowest BCUT2D eigenvalue weighted by Crippen LogP contribution is -2.41. The zero-order valence-corrected chi connectivity index (χ0v) is 8.05. The van der Waals surface area contributed by atoms with Crippen molar-refractivity contribution in [3.05, 3.63) is 12.2 Å². The van der Waals surface area contributed by atoms with Gasteiger partial charge in [-0.2, -0.15) is 8.78 Å². The predicted octanol–water partition coefficient (Wildman–Crippen LogP) is 1.61. The monoisotopic (exact) mass is 203 g/mol. The van der Waals surface area contributed by atoms with Crippen LogP contribution in [0.3, 0.4) is 0 Å². The minimum atomic E-state index is -1.59. The quantitative estimate of drug-likeness (QED) is 0.737. The molecule has 0 aromatic carbocycles. The number of hydrogen-bond donors (Lipinski definition) is 1. The van der Waals surface area contributed by atoms with Crippen molar-refractivity contribution in [3.63, 3.8) is 0 Å². The van der Waals surface area contributed by atoms with E-state index in [1.807, 2.05) is 0 Å². The second kappa shape index (κ2) is 3.59. The second-order valence-electron chi connectivity index (χ2n) is 4.35. The molecule has 2 fully saturated rings. The summed E-state index contributed by atoms with van der Waals surface area (Å²) in [5, 5.41) is 9.33. The van der Waals surface area contributed by atoms with Gasteiger partial charge in [0, 0.05) is 12.1 Å². The Kier molecular flexibility index (Phi) is 2.58. The molecule has 2 aliphatic heterocycles. The zero-order valence-electron chi connectivity index (χ0n) is 8.05. The standard InChI is InChI=1S/C10H15F2NO/c11-9(12)4-8-5-10(7-14)2-1-3-13(10)6-8/h4,8,14H,1-3,5-7H2/t8-,10+/m0/s1. The van der Waals surface area contributed by atoms with Gasteiger partial charge in [-0.05, 0) is 37.8 Å². The highest BCUT2D eigenvalue weighted by Gasteiger charge is 2.47. The Morgan fingerprint density at radius 3 is 2.93 bits per heavy atom. The van der Waals surface area contributed by atoms with Gasteiger partial charge in [0.15, 0.2) is 0 Å². The summed E-state index contributed by atoms with van der Waals surface area (Å²) in [5.74, 6) is -0.0764. The van der Waals surface area contributed by atoms with Gasteiger partial charge in [0.05, 0.1) is 6.61 Å². The number of fused-ring (bicyclic) bond motifs is 1. The normalized spacial score (nSPS) is 37.2. The lowest BCUT2D eigenvalue weighted by Gasteiger charge is -2.29. The van der Waals surface area contributed by atoms with Crippen molar-refractivity contribution in [1.82, 2.24) is 4.90 Å². The Labute approximate surface area is 82.2 Å². The maximum absolute atomic E-state index is 12.1. The summed E-state index contributed by atoms with van der Waals surface area (Å²) in [5.41, 5.74) is -0.184. The molecule has 4 heteroatoms. The molecule has 2 saturated heterocycles. The molecule has 80 valence electrons. The fraction of sp³-hybridized carbons (Fsp3) is 0.800. The first-order valence-electron chi connectivity index (χ1n) is 5.05. The van der Waals surface area contributed by atoms with Gasteiger partial charge >= 0.3 is 0 Å². The van der Waals surface area contributed by atoms with Crippen LogP contribution in [-0.2, 0) is 0 Å². The summed E-state index contributed by atoms with van der Waals surface area (Å²) in [4.78, 5) is 2.16. The van der Waals surface area contributed by atoms with Crippen molar-refractivity contribution in [2.75, 3.05) is 19.7 Å². The molecule has 0 saturated carbocycles. The van der Waals surface area contributed by atoms with Crippen LogP contribution in [0.2, 0.25) is 0 Å². The van der Waals surface area contributed by atoms with E-state index in [0.29, 0.717) is 13.0 Å². The molecule has 2 heterocycles. The molecular weight excluding hydrogens is 188 g/mol. The molecular formula is C10H15F2NO. The zero-order chi connectivity index (χ0) is 10.2. The van der Waals surface area contributed by atoms with Gasteiger partial charge < -0.3 is 5.11 Å². The third-order valence-electron chi connectivity index (χ3n) is 3.49. The summed E-state index contributed by atoms with van der Waals surface area (Å²) in [6, 6.07) is 0. The smallest absolute Gasteiger partial charge is 0.266 e. The van der Waals surface area contributed by atoms with Gasteiger partial charge in [-0.15, -0.1) is 0 Å². The van der Waals surface area contributed by atoms with Gasteiger partial charge in [0.1, 0.15) is 0 Å². The Bertz CT molecular complexity index is 253. The first-order valence-corrected chi connectivity index (χ1v) is 5.05. The number of rotatable bonds is 2. The van der Waals surface area contributed by atoms with Crippen LogP contribution in [0, 0.1) is 5.92 Å². The molecule has 2 rings (SSSR count). The van der Waals surface area contributed by atoms with Crippen molar-refractivity contribution >= 4 is 0 Å². The molecule has 0 unspecified atom stereocenters. The molecule has 0 aromatic heterocycles. The largest absolute Gasteiger partial charge is 0.394 e. The Morgan fingerprint density at radius 1 is 1.57 bits per heavy atom. The SMILES string of the molecule is OC[C@]12CCCN1C[C@@H](C=C(F)F)C2. The van der Waals surface area contributed by atoms with Crippen LogP contribution in [-0.4, -0.2) is 35.2 Å². The molecule has 0 amide bonds. The number of aliphatic hydroxyl groups is 1. The highest BCUT2D eigenvalue weighted by atomic mass is 19.3. The first kappa shape index (κ1) is 10.1. The van der Waals surface area contributed by atoms with E-state index in [9.17, 15) is 13.9 Å². The summed E-state index contributed by atoms with van der Waals surface area (Å²) >= 11 is 0. The Morgan fingerprint density at radius 2 is 2.36 bits per heavy atom. The molecule has 1 N–H and O–H groups in total. The van der Waals surface area contributed by atoms with Gasteiger partial charge in [-0.25, -0.2) is 0 Å². The van der Waals surface area contributed by atoms with Crippen molar-refractivity contribution in [2.24, 2.45) is 5.92 Å². The lowest BCUT2D eigenvalue weighted by atomic mass is 9.91. The second-order valence-corrected chi connectivity index (χ2v) is 4.35. The van der Waals surface area contributed by atoms with Gasteiger partial charge in [0.25, 0.3) is 6.08 Å². The third-order valence-corrected chi connectivity index (χ3v) is 3.49. The van der Waals surface area contributed by atoms with Crippen LogP contribution in [0.25, 0.3) is 0 Å². The molecule has 2 nitrogen and oxygen atoms in total. The van der Waals surface area contributed by atoms with E-state index in [0.717, 1.165) is 25.5 Å². The summed E-state index contributed by atoms with van der Waals surface area (Å²) in [6.07, 6.45) is 2.15. The van der Waals surface area contributed by atoms with Crippen LogP contribution in [0.5, 0.6) is 0 Å². The molecule has 0 spiro atoms. The molecule has 14 heavy (non-hydrogen) atoms. The van der Waals surface area contributed by atoms with Crippen LogP contribution in [0.4, 0.5) is 8.78 Å². The molecule has 0 bridgehead atoms. The fourth-order valence-electron chi connectivity index (χ4n) is 2.88. The third kappa shape index (κ3) is 1.57. The average molecular weight is 203 g/mol. The highest BCUT2D eigenvalue weighted by molar-refractivity contribution is 5.07. The molecule has 0 aromatic rings. The van der Waals surface area contributed by atoms with E-state index in [2.05, 4.69) is 4.90 Å². The molecule has 2 aliphatic rings. The van der Waals surface area contributed by atoms with Crippen LogP contribution >= 0.6 is 0 Å². The van der Waals surface area contributed by atoms with E-state index in [1.165, 1.54) is 0 Å². The highest BCUT2D eigenvalue weighted by Crippen LogP contribution is 2.41. The van der Waals surface area contributed by atoms with Crippen molar-refractivity contribution in [2.45, 2.75) is 24.8 Å². The topological polar surface area (TPSA) is 23.5 Å². The van der Waals surface area contributed by atoms with E-state index in [-0.39, 0.29) is 18.1 Å². The summed E-state index contributed by atoms with van der Waals surface area (Å²) < 4.78 is 24.1.